The minimum atomic E-state index is 0. The molecule has 86 valence electrons. The zero-order valence-electron chi connectivity index (χ0n) is 10.1. The van der Waals surface area contributed by atoms with E-state index in [1.807, 2.05) is 0 Å². The van der Waals surface area contributed by atoms with E-state index in [9.17, 15) is 0 Å². The SMILES string of the molecule is CCCCCOC(=S)SCCCCC.[Zn]. The van der Waals surface area contributed by atoms with E-state index in [1.165, 1.54) is 32.1 Å². The van der Waals surface area contributed by atoms with Crippen LogP contribution in [0.2, 0.25) is 0 Å². The summed E-state index contributed by atoms with van der Waals surface area (Å²) in [6, 6.07) is 0. The van der Waals surface area contributed by atoms with Gasteiger partial charge in [-0.25, -0.2) is 0 Å². The fourth-order valence-corrected chi connectivity index (χ4v) is 2.07. The first kappa shape index (κ1) is 18.2. The largest absolute Gasteiger partial charge is 0.479 e. The third-order valence-electron chi connectivity index (χ3n) is 1.94. The van der Waals surface area contributed by atoms with Crippen molar-refractivity contribution in [3.05, 3.63) is 0 Å². The number of thioether (sulfide) groups is 1. The molecule has 0 heterocycles. The number of hydrogen-bond acceptors (Lipinski definition) is 3. The van der Waals surface area contributed by atoms with Crippen molar-refractivity contribution < 1.29 is 24.2 Å². The van der Waals surface area contributed by atoms with Crippen molar-refractivity contribution in [3.8, 4) is 0 Å². The van der Waals surface area contributed by atoms with Crippen molar-refractivity contribution in [2.24, 2.45) is 0 Å². The van der Waals surface area contributed by atoms with E-state index in [0.717, 1.165) is 23.2 Å². The first-order valence-corrected chi connectivity index (χ1v) is 7.00. The first-order valence-electron chi connectivity index (χ1n) is 5.60. The van der Waals surface area contributed by atoms with Crippen LogP contribution < -0.4 is 0 Å². The molecule has 0 atom stereocenters. The summed E-state index contributed by atoms with van der Waals surface area (Å²) in [6.45, 7) is 5.20. The van der Waals surface area contributed by atoms with Gasteiger partial charge < -0.3 is 4.74 Å². The molecule has 0 radical (unpaired) electrons. The molecular formula is C11H22OS2Zn. The molecule has 0 spiro atoms. The average Bonchev–Trinajstić information content (AvgIpc) is 2.19. The van der Waals surface area contributed by atoms with E-state index in [1.54, 1.807) is 11.8 Å². The molecule has 0 aromatic carbocycles. The maximum Gasteiger partial charge on any atom is 0.219 e. The normalized spacial score (nSPS) is 9.47. The summed E-state index contributed by atoms with van der Waals surface area (Å²) in [5, 5.41) is 0. The van der Waals surface area contributed by atoms with Crippen LogP contribution in [-0.2, 0) is 24.2 Å². The molecule has 0 N–H and O–H groups in total. The fourth-order valence-electron chi connectivity index (χ4n) is 1.06. The van der Waals surface area contributed by atoms with E-state index in [0.29, 0.717) is 0 Å². The van der Waals surface area contributed by atoms with Crippen molar-refractivity contribution in [3.63, 3.8) is 0 Å². The Hall–Kier alpha value is 0.863. The summed E-state index contributed by atoms with van der Waals surface area (Å²) >= 11 is 6.78. The predicted octanol–water partition coefficient (Wildman–Crippen LogP) is 4.40. The monoisotopic (exact) mass is 298 g/mol. The van der Waals surface area contributed by atoms with E-state index in [2.05, 4.69) is 13.8 Å². The maximum atomic E-state index is 5.42. The minimum Gasteiger partial charge on any atom is -0.479 e. The summed E-state index contributed by atoms with van der Waals surface area (Å²) in [5.41, 5.74) is 0. The molecule has 0 bridgehead atoms. The van der Waals surface area contributed by atoms with Crippen molar-refractivity contribution in [1.82, 2.24) is 0 Å². The Kier molecular flexibility index (Phi) is 18.1. The Morgan fingerprint density at radius 2 is 1.67 bits per heavy atom. The molecule has 0 saturated carbocycles. The fraction of sp³-hybridized carbons (Fsp3) is 0.909. The number of ether oxygens (including phenoxy) is 1. The van der Waals surface area contributed by atoms with Crippen LogP contribution in [0, 0.1) is 0 Å². The van der Waals surface area contributed by atoms with Gasteiger partial charge in [0.05, 0.1) is 6.61 Å². The molecule has 15 heavy (non-hydrogen) atoms. The minimum absolute atomic E-state index is 0. The van der Waals surface area contributed by atoms with Crippen LogP contribution in [0.1, 0.15) is 52.4 Å². The molecule has 0 amide bonds. The molecule has 0 unspecified atom stereocenters. The summed E-state index contributed by atoms with van der Waals surface area (Å²) in [4.78, 5) is 0. The zero-order valence-corrected chi connectivity index (χ0v) is 14.7. The van der Waals surface area contributed by atoms with Gasteiger partial charge in [0, 0.05) is 25.2 Å². The number of hydrogen-bond donors (Lipinski definition) is 0. The van der Waals surface area contributed by atoms with Gasteiger partial charge in [0.2, 0.25) is 4.38 Å². The molecule has 0 saturated heterocycles. The van der Waals surface area contributed by atoms with Gasteiger partial charge in [0.25, 0.3) is 0 Å². The van der Waals surface area contributed by atoms with Gasteiger partial charge in [-0.3, -0.25) is 0 Å². The predicted molar refractivity (Wildman–Crippen MR) is 70.1 cm³/mol. The average molecular weight is 300 g/mol. The van der Waals surface area contributed by atoms with Crippen molar-refractivity contribution in [2.75, 3.05) is 12.4 Å². The molecule has 0 aliphatic rings. The molecular weight excluding hydrogens is 278 g/mol. The van der Waals surface area contributed by atoms with Gasteiger partial charge >= 0.3 is 0 Å². The van der Waals surface area contributed by atoms with E-state index in [4.69, 9.17) is 17.0 Å². The Morgan fingerprint density at radius 1 is 1.07 bits per heavy atom. The van der Waals surface area contributed by atoms with Gasteiger partial charge in [0.1, 0.15) is 0 Å². The van der Waals surface area contributed by atoms with Crippen LogP contribution in [0.5, 0.6) is 0 Å². The summed E-state index contributed by atoms with van der Waals surface area (Å²) in [5.74, 6) is 1.11. The Balaban J connectivity index is 0. The van der Waals surface area contributed by atoms with Crippen molar-refractivity contribution in [1.29, 1.82) is 0 Å². The third-order valence-corrected chi connectivity index (χ3v) is 3.25. The van der Waals surface area contributed by atoms with Gasteiger partial charge in [-0.15, -0.1) is 0 Å². The molecule has 0 fully saturated rings. The van der Waals surface area contributed by atoms with Crippen LogP contribution in [0.15, 0.2) is 0 Å². The number of unbranched alkanes of at least 4 members (excludes halogenated alkanes) is 4. The van der Waals surface area contributed by atoms with Crippen molar-refractivity contribution in [2.45, 2.75) is 52.4 Å². The standard InChI is InChI=1S/C11H22OS2.Zn/c1-3-5-7-9-12-11(13)14-10-8-6-4-2;/h3-10H2,1-2H3;. The second-order valence-corrected chi connectivity index (χ2v) is 5.06. The third kappa shape index (κ3) is 14.9. The second-order valence-electron chi connectivity index (χ2n) is 3.36. The summed E-state index contributed by atoms with van der Waals surface area (Å²) in [6.07, 6.45) is 7.42. The van der Waals surface area contributed by atoms with Crippen molar-refractivity contribution >= 4 is 28.4 Å². The topological polar surface area (TPSA) is 9.23 Å². The van der Waals surface area contributed by atoms with E-state index in [-0.39, 0.29) is 19.5 Å². The molecule has 1 nitrogen and oxygen atoms in total. The zero-order chi connectivity index (χ0) is 10.6. The van der Waals surface area contributed by atoms with Gasteiger partial charge in [0.15, 0.2) is 0 Å². The van der Waals surface area contributed by atoms with E-state index < -0.39 is 0 Å². The maximum absolute atomic E-state index is 5.42. The summed E-state index contributed by atoms with van der Waals surface area (Å²) in [7, 11) is 0. The second kappa shape index (κ2) is 14.9. The Bertz CT molecular complexity index is 129. The molecule has 4 heteroatoms. The van der Waals surface area contributed by atoms with Gasteiger partial charge in [-0.05, 0) is 25.1 Å². The van der Waals surface area contributed by atoms with Gasteiger partial charge in [-0.2, -0.15) is 0 Å². The first-order chi connectivity index (χ1) is 6.81. The Morgan fingerprint density at radius 3 is 2.27 bits per heavy atom. The number of thiocarbonyl (C=S) groups is 1. The van der Waals surface area contributed by atoms with Crippen LogP contribution in [0.3, 0.4) is 0 Å². The molecule has 0 aromatic rings. The molecule has 0 rings (SSSR count). The molecule has 0 aromatic heterocycles. The van der Waals surface area contributed by atoms with Crippen LogP contribution >= 0.6 is 24.0 Å². The van der Waals surface area contributed by atoms with Crippen LogP contribution in [0.4, 0.5) is 0 Å². The van der Waals surface area contributed by atoms with E-state index >= 15 is 0 Å². The number of rotatable bonds is 8. The summed E-state index contributed by atoms with van der Waals surface area (Å²) < 4.78 is 6.15. The quantitative estimate of drug-likeness (QED) is 0.373. The molecule has 0 aliphatic heterocycles. The Labute approximate surface area is 117 Å². The van der Waals surface area contributed by atoms with Crippen LogP contribution in [-0.4, -0.2) is 16.7 Å². The van der Waals surface area contributed by atoms with Gasteiger partial charge in [-0.1, -0.05) is 51.3 Å². The molecule has 0 aliphatic carbocycles. The smallest absolute Gasteiger partial charge is 0.219 e. The van der Waals surface area contributed by atoms with Crippen LogP contribution in [0.25, 0.3) is 0 Å².